The van der Waals surface area contributed by atoms with E-state index in [1.807, 2.05) is 30.5 Å². The summed E-state index contributed by atoms with van der Waals surface area (Å²) in [4.78, 5) is 23.6. The van der Waals surface area contributed by atoms with E-state index in [-0.39, 0.29) is 34.6 Å². The summed E-state index contributed by atoms with van der Waals surface area (Å²) in [7, 11) is 1.41. The van der Waals surface area contributed by atoms with Crippen molar-refractivity contribution >= 4 is 29.1 Å². The largest absolute Gasteiger partial charge is 0.493 e. The van der Waals surface area contributed by atoms with E-state index in [4.69, 9.17) is 26.8 Å². The van der Waals surface area contributed by atoms with Crippen molar-refractivity contribution in [3.63, 3.8) is 0 Å². The van der Waals surface area contributed by atoms with E-state index in [0.29, 0.717) is 12.2 Å². The first-order valence-electron chi connectivity index (χ1n) is 8.62. The van der Waals surface area contributed by atoms with Gasteiger partial charge in [-0.3, -0.25) is 14.3 Å². The topological polar surface area (TPSA) is 108 Å². The number of carbonyl (C=O) groups excluding carboxylic acids is 2. The number of ether oxygens (including phenoxy) is 2. The molecule has 3 rings (SSSR count). The highest BCUT2D eigenvalue weighted by atomic mass is 35.5. The molecule has 0 aliphatic carbocycles. The maximum absolute atomic E-state index is 12.7. The van der Waals surface area contributed by atoms with Crippen LogP contribution in [0.1, 0.15) is 15.9 Å². The number of hydrogen-bond acceptors (Lipinski definition) is 5. The Bertz CT molecular complexity index is 1020. The maximum Gasteiger partial charge on any atom is 0.255 e. The van der Waals surface area contributed by atoms with Crippen LogP contribution in [0, 0.1) is 0 Å². The molecule has 0 radical (unpaired) electrons. The van der Waals surface area contributed by atoms with Gasteiger partial charge >= 0.3 is 0 Å². The quantitative estimate of drug-likeness (QED) is 0.589. The molecule has 8 nitrogen and oxygen atoms in total. The lowest BCUT2D eigenvalue weighted by Gasteiger charge is -2.13. The molecule has 3 aromatic rings. The van der Waals surface area contributed by atoms with Gasteiger partial charge in [-0.15, -0.1) is 0 Å². The van der Waals surface area contributed by atoms with Gasteiger partial charge < -0.3 is 20.5 Å². The fourth-order valence-electron chi connectivity index (χ4n) is 2.67. The smallest absolute Gasteiger partial charge is 0.255 e. The Balaban J connectivity index is 1.76. The van der Waals surface area contributed by atoms with Crippen LogP contribution in [-0.4, -0.2) is 35.3 Å². The zero-order valence-corrected chi connectivity index (χ0v) is 16.3. The van der Waals surface area contributed by atoms with Gasteiger partial charge in [-0.1, -0.05) is 23.7 Å². The number of halogens is 1. The maximum atomic E-state index is 12.7. The Labute approximate surface area is 172 Å². The highest BCUT2D eigenvalue weighted by Gasteiger charge is 2.17. The summed E-state index contributed by atoms with van der Waals surface area (Å²) in [5, 5.41) is 7.13. The summed E-state index contributed by atoms with van der Waals surface area (Å²) in [5.74, 6) is -0.662. The molecule has 0 bridgehead atoms. The third kappa shape index (κ3) is 5.26. The van der Waals surface area contributed by atoms with Gasteiger partial charge in [-0.05, 0) is 35.9 Å². The molecule has 0 saturated heterocycles. The third-order valence-corrected chi connectivity index (χ3v) is 4.22. The highest BCUT2D eigenvalue weighted by Crippen LogP contribution is 2.36. The van der Waals surface area contributed by atoms with Gasteiger partial charge in [0.15, 0.2) is 18.1 Å². The minimum atomic E-state index is -0.653. The molecule has 1 aromatic heterocycles. The predicted octanol–water partition coefficient (Wildman–Crippen LogP) is 2.71. The molecule has 0 saturated carbocycles. The number of hydrogen-bond donors (Lipinski definition) is 2. The molecule has 0 fully saturated rings. The number of primary amides is 1. The molecule has 29 heavy (non-hydrogen) atoms. The molecule has 0 spiro atoms. The van der Waals surface area contributed by atoms with Gasteiger partial charge in [0, 0.05) is 23.6 Å². The second-order valence-electron chi connectivity index (χ2n) is 6.10. The van der Waals surface area contributed by atoms with Crippen molar-refractivity contribution in [3.8, 4) is 11.5 Å². The van der Waals surface area contributed by atoms with Gasteiger partial charge in [0.2, 0.25) is 0 Å². The minimum absolute atomic E-state index is 0.128. The van der Waals surface area contributed by atoms with Crippen LogP contribution in [0.15, 0.2) is 54.9 Å². The lowest BCUT2D eigenvalue weighted by atomic mass is 10.1. The molecule has 150 valence electrons. The summed E-state index contributed by atoms with van der Waals surface area (Å²) in [6.45, 7) is 0.229. The number of nitrogens with two attached hydrogens (primary N) is 1. The number of benzene rings is 2. The van der Waals surface area contributed by atoms with Crippen molar-refractivity contribution in [3.05, 3.63) is 71.0 Å². The van der Waals surface area contributed by atoms with E-state index in [1.165, 1.54) is 19.2 Å². The van der Waals surface area contributed by atoms with Gasteiger partial charge in [-0.2, -0.15) is 5.10 Å². The minimum Gasteiger partial charge on any atom is -0.493 e. The van der Waals surface area contributed by atoms with Crippen LogP contribution >= 0.6 is 11.6 Å². The summed E-state index contributed by atoms with van der Waals surface area (Å²) < 4.78 is 12.3. The SMILES string of the molecule is COc1cc(C(=O)Nc2cccc(Cn3cccn3)c2)cc(Cl)c1OCC(N)=O. The first-order chi connectivity index (χ1) is 14.0. The van der Waals surface area contributed by atoms with Crippen molar-refractivity contribution < 1.29 is 19.1 Å². The van der Waals surface area contributed by atoms with Crippen LogP contribution in [0.2, 0.25) is 5.02 Å². The number of aromatic nitrogens is 2. The summed E-state index contributed by atoms with van der Waals surface area (Å²) >= 11 is 6.20. The number of amides is 2. The standard InChI is InChI=1S/C20H19ClN4O4/c1-28-17-10-14(9-16(21)19(17)29-12-18(22)26)20(27)24-15-5-2-4-13(8-15)11-25-7-3-6-23-25/h2-10H,11-12H2,1H3,(H2,22,26)(H,24,27). The van der Waals surface area contributed by atoms with E-state index in [0.717, 1.165) is 5.56 Å². The summed E-state index contributed by atoms with van der Waals surface area (Å²) in [6.07, 6.45) is 3.57. The number of carbonyl (C=O) groups is 2. The fourth-order valence-corrected chi connectivity index (χ4v) is 2.93. The molecule has 0 atom stereocenters. The number of methoxy groups -OCH3 is 1. The Morgan fingerprint density at radius 2 is 2.07 bits per heavy atom. The van der Waals surface area contributed by atoms with Crippen molar-refractivity contribution in [2.24, 2.45) is 5.73 Å². The molecule has 0 unspecified atom stereocenters. The molecule has 1 heterocycles. The van der Waals surface area contributed by atoms with E-state index < -0.39 is 5.91 Å². The van der Waals surface area contributed by atoms with E-state index >= 15 is 0 Å². The van der Waals surface area contributed by atoms with E-state index in [9.17, 15) is 9.59 Å². The monoisotopic (exact) mass is 414 g/mol. The van der Waals surface area contributed by atoms with E-state index in [2.05, 4.69) is 10.4 Å². The lowest BCUT2D eigenvalue weighted by molar-refractivity contribution is -0.119. The number of nitrogens with one attached hydrogen (secondary N) is 1. The first-order valence-corrected chi connectivity index (χ1v) is 9.00. The van der Waals surface area contributed by atoms with Gasteiger partial charge in [0.1, 0.15) is 0 Å². The van der Waals surface area contributed by atoms with Gasteiger partial charge in [0.05, 0.1) is 18.7 Å². The Morgan fingerprint density at radius 1 is 1.24 bits per heavy atom. The average Bonchev–Trinajstić information content (AvgIpc) is 3.19. The third-order valence-electron chi connectivity index (χ3n) is 3.94. The van der Waals surface area contributed by atoms with Crippen molar-refractivity contribution in [2.45, 2.75) is 6.54 Å². The van der Waals surface area contributed by atoms with E-state index in [1.54, 1.807) is 16.9 Å². The highest BCUT2D eigenvalue weighted by molar-refractivity contribution is 6.32. The number of anilines is 1. The second kappa shape index (κ2) is 9.11. The van der Waals surface area contributed by atoms with Crippen molar-refractivity contribution in [1.29, 1.82) is 0 Å². The summed E-state index contributed by atoms with van der Waals surface area (Å²) in [6, 6.07) is 12.2. The molecule has 0 aliphatic heterocycles. The molecule has 9 heteroatoms. The fraction of sp³-hybridized carbons (Fsp3) is 0.150. The van der Waals surface area contributed by atoms with Gasteiger partial charge in [0.25, 0.3) is 11.8 Å². The van der Waals surface area contributed by atoms with Crippen molar-refractivity contribution in [1.82, 2.24) is 9.78 Å². The predicted molar refractivity (Wildman–Crippen MR) is 108 cm³/mol. The zero-order chi connectivity index (χ0) is 20.8. The molecule has 2 amide bonds. The van der Waals surface area contributed by atoms with Crippen LogP contribution in [-0.2, 0) is 11.3 Å². The Morgan fingerprint density at radius 3 is 2.76 bits per heavy atom. The van der Waals surface area contributed by atoms with Crippen LogP contribution in [0.3, 0.4) is 0 Å². The Kier molecular flexibility index (Phi) is 6.36. The number of nitrogens with zero attached hydrogens (tertiary/aromatic N) is 2. The van der Waals surface area contributed by atoms with Gasteiger partial charge in [-0.25, -0.2) is 0 Å². The molecular weight excluding hydrogens is 396 g/mol. The zero-order valence-electron chi connectivity index (χ0n) is 15.6. The molecule has 0 aliphatic rings. The van der Waals surface area contributed by atoms with Crippen LogP contribution in [0.4, 0.5) is 5.69 Å². The van der Waals surface area contributed by atoms with Crippen molar-refractivity contribution in [2.75, 3.05) is 19.0 Å². The second-order valence-corrected chi connectivity index (χ2v) is 6.51. The number of rotatable bonds is 8. The van der Waals surface area contributed by atoms with Crippen LogP contribution in [0.5, 0.6) is 11.5 Å². The molecule has 3 N–H and O–H groups in total. The normalized spacial score (nSPS) is 10.4. The Hall–Kier alpha value is -3.52. The summed E-state index contributed by atoms with van der Waals surface area (Å²) in [5.41, 5.74) is 6.97. The van der Waals surface area contributed by atoms with Crippen LogP contribution in [0.25, 0.3) is 0 Å². The van der Waals surface area contributed by atoms with Crippen LogP contribution < -0.4 is 20.5 Å². The first kappa shape index (κ1) is 20.2. The average molecular weight is 415 g/mol. The lowest BCUT2D eigenvalue weighted by Crippen LogP contribution is -2.20. The molecule has 2 aromatic carbocycles. The molecular formula is C20H19ClN4O4.